The summed E-state index contributed by atoms with van der Waals surface area (Å²) in [6, 6.07) is 0.445. The minimum Gasteiger partial charge on any atom is -0.373 e. The fourth-order valence-electron chi connectivity index (χ4n) is 4.80. The van der Waals surface area contributed by atoms with Crippen molar-refractivity contribution < 1.29 is 9.53 Å². The highest BCUT2D eigenvalue weighted by Gasteiger charge is 2.54. The van der Waals surface area contributed by atoms with Crippen LogP contribution in [0.15, 0.2) is 0 Å². The number of amides is 1. The van der Waals surface area contributed by atoms with Crippen LogP contribution in [-0.2, 0) is 9.53 Å². The summed E-state index contributed by atoms with van der Waals surface area (Å²) in [6.07, 6.45) is 6.92. The van der Waals surface area contributed by atoms with Crippen molar-refractivity contribution in [3.63, 3.8) is 0 Å². The Morgan fingerprint density at radius 1 is 1.23 bits per heavy atom. The first kappa shape index (κ1) is 14.9. The maximum Gasteiger partial charge on any atom is 0.226 e. The highest BCUT2D eigenvalue weighted by atomic mass is 16.5. The van der Waals surface area contributed by atoms with Crippen molar-refractivity contribution in [2.45, 2.75) is 58.1 Å². The fraction of sp³-hybridized carbons (Fsp3) is 0.944. The second kappa shape index (κ2) is 5.48. The Hall–Kier alpha value is -0.610. The normalized spacial score (nSPS) is 38.3. The van der Waals surface area contributed by atoms with Gasteiger partial charge in [-0.05, 0) is 30.6 Å². The SMILES string of the molecule is CC1(C)CC1C(=O)N1C[C@@H]2OCCN(CC3CCCC3)[C@H]2C1. The van der Waals surface area contributed by atoms with Gasteiger partial charge in [0.1, 0.15) is 0 Å². The van der Waals surface area contributed by atoms with Crippen LogP contribution in [-0.4, -0.2) is 60.6 Å². The molecule has 2 saturated carbocycles. The molecule has 4 aliphatic rings. The summed E-state index contributed by atoms with van der Waals surface area (Å²) in [5.74, 6) is 1.52. The van der Waals surface area contributed by atoms with Crippen molar-refractivity contribution in [3.8, 4) is 0 Å². The molecule has 2 aliphatic carbocycles. The van der Waals surface area contributed by atoms with Crippen LogP contribution < -0.4 is 0 Å². The molecule has 1 unspecified atom stereocenters. The quantitative estimate of drug-likeness (QED) is 0.801. The van der Waals surface area contributed by atoms with E-state index in [4.69, 9.17) is 4.74 Å². The first-order chi connectivity index (χ1) is 10.5. The maximum absolute atomic E-state index is 12.7. The molecule has 0 radical (unpaired) electrons. The number of hydrogen-bond donors (Lipinski definition) is 0. The molecule has 3 atom stereocenters. The topological polar surface area (TPSA) is 32.8 Å². The molecule has 2 aliphatic heterocycles. The molecule has 124 valence electrons. The first-order valence-electron chi connectivity index (χ1n) is 9.19. The van der Waals surface area contributed by atoms with E-state index in [2.05, 4.69) is 23.6 Å². The molecule has 0 N–H and O–H groups in total. The Balaban J connectivity index is 1.38. The first-order valence-corrected chi connectivity index (χ1v) is 9.19. The van der Waals surface area contributed by atoms with Gasteiger partial charge in [0.15, 0.2) is 0 Å². The number of nitrogens with zero attached hydrogens (tertiary/aromatic N) is 2. The number of carbonyl (C=O) groups is 1. The van der Waals surface area contributed by atoms with E-state index in [-0.39, 0.29) is 17.4 Å². The molecular formula is C18H30N2O2. The Kier molecular flexibility index (Phi) is 3.73. The van der Waals surface area contributed by atoms with E-state index in [9.17, 15) is 4.79 Å². The van der Waals surface area contributed by atoms with E-state index in [1.54, 1.807) is 0 Å². The molecule has 0 aromatic carbocycles. The summed E-state index contributed by atoms with van der Waals surface area (Å²) < 4.78 is 5.99. The molecular weight excluding hydrogens is 276 g/mol. The highest BCUT2D eigenvalue weighted by Crippen LogP contribution is 2.52. The smallest absolute Gasteiger partial charge is 0.226 e. The summed E-state index contributed by atoms with van der Waals surface area (Å²) in [4.78, 5) is 17.4. The average molecular weight is 306 g/mol. The van der Waals surface area contributed by atoms with Gasteiger partial charge in [0.25, 0.3) is 0 Å². The zero-order valence-corrected chi connectivity index (χ0v) is 14.1. The van der Waals surface area contributed by atoms with Gasteiger partial charge in [-0.1, -0.05) is 26.7 Å². The van der Waals surface area contributed by atoms with Gasteiger partial charge < -0.3 is 9.64 Å². The monoisotopic (exact) mass is 306 g/mol. The molecule has 0 aromatic rings. The van der Waals surface area contributed by atoms with Crippen LogP contribution >= 0.6 is 0 Å². The van der Waals surface area contributed by atoms with Crippen molar-refractivity contribution >= 4 is 5.91 Å². The van der Waals surface area contributed by atoms with Crippen molar-refractivity contribution in [1.82, 2.24) is 9.80 Å². The second-order valence-electron chi connectivity index (χ2n) is 8.61. The van der Waals surface area contributed by atoms with E-state index in [0.29, 0.717) is 11.9 Å². The third-order valence-electron chi connectivity index (χ3n) is 6.51. The van der Waals surface area contributed by atoms with Gasteiger partial charge in [-0.15, -0.1) is 0 Å². The van der Waals surface area contributed by atoms with E-state index in [1.807, 2.05) is 0 Å². The molecule has 4 fully saturated rings. The molecule has 4 nitrogen and oxygen atoms in total. The summed E-state index contributed by atoms with van der Waals surface area (Å²) in [7, 11) is 0. The molecule has 4 rings (SSSR count). The number of hydrogen-bond acceptors (Lipinski definition) is 3. The third kappa shape index (κ3) is 2.69. The van der Waals surface area contributed by atoms with E-state index >= 15 is 0 Å². The highest BCUT2D eigenvalue weighted by molar-refractivity contribution is 5.83. The largest absolute Gasteiger partial charge is 0.373 e. The fourth-order valence-corrected chi connectivity index (χ4v) is 4.80. The van der Waals surface area contributed by atoms with Gasteiger partial charge in [-0.3, -0.25) is 9.69 Å². The zero-order chi connectivity index (χ0) is 15.3. The van der Waals surface area contributed by atoms with E-state index in [0.717, 1.165) is 38.6 Å². The molecule has 2 saturated heterocycles. The van der Waals surface area contributed by atoms with Gasteiger partial charge >= 0.3 is 0 Å². The van der Waals surface area contributed by atoms with Gasteiger partial charge in [-0.25, -0.2) is 0 Å². The van der Waals surface area contributed by atoms with Gasteiger partial charge in [-0.2, -0.15) is 0 Å². The second-order valence-corrected chi connectivity index (χ2v) is 8.61. The number of ether oxygens (including phenoxy) is 1. The predicted octanol–water partition coefficient (Wildman–Crippen LogP) is 2.13. The third-order valence-corrected chi connectivity index (χ3v) is 6.51. The van der Waals surface area contributed by atoms with Crippen LogP contribution in [0.25, 0.3) is 0 Å². The van der Waals surface area contributed by atoms with Crippen molar-refractivity contribution in [2.24, 2.45) is 17.3 Å². The van der Waals surface area contributed by atoms with Crippen molar-refractivity contribution in [2.75, 3.05) is 32.8 Å². The Bertz CT molecular complexity index is 444. The van der Waals surface area contributed by atoms with E-state index in [1.165, 1.54) is 32.2 Å². The van der Waals surface area contributed by atoms with Crippen LogP contribution in [0.1, 0.15) is 46.0 Å². The molecule has 2 heterocycles. The molecule has 22 heavy (non-hydrogen) atoms. The van der Waals surface area contributed by atoms with Crippen LogP contribution in [0, 0.1) is 17.3 Å². The number of morpholine rings is 1. The number of fused-ring (bicyclic) bond motifs is 1. The number of rotatable bonds is 3. The van der Waals surface area contributed by atoms with Crippen LogP contribution in [0.4, 0.5) is 0 Å². The molecule has 1 amide bonds. The predicted molar refractivity (Wildman–Crippen MR) is 85.5 cm³/mol. The summed E-state index contributed by atoms with van der Waals surface area (Å²) in [5, 5.41) is 0. The molecule has 0 spiro atoms. The van der Waals surface area contributed by atoms with Gasteiger partial charge in [0.2, 0.25) is 5.91 Å². The lowest BCUT2D eigenvalue weighted by Gasteiger charge is -2.38. The maximum atomic E-state index is 12.7. The average Bonchev–Trinajstić information content (AvgIpc) is 2.93. The summed E-state index contributed by atoms with van der Waals surface area (Å²) in [5.41, 5.74) is 0.231. The molecule has 0 aromatic heterocycles. The lowest BCUT2D eigenvalue weighted by atomic mass is 10.0. The zero-order valence-electron chi connectivity index (χ0n) is 14.1. The van der Waals surface area contributed by atoms with Crippen molar-refractivity contribution in [1.29, 1.82) is 0 Å². The molecule has 0 bridgehead atoms. The number of likely N-dealkylation sites (tertiary alicyclic amines) is 1. The van der Waals surface area contributed by atoms with Crippen molar-refractivity contribution in [3.05, 3.63) is 0 Å². The van der Waals surface area contributed by atoms with Crippen LogP contribution in [0.5, 0.6) is 0 Å². The lowest BCUT2D eigenvalue weighted by Crippen LogP contribution is -2.52. The Morgan fingerprint density at radius 3 is 2.64 bits per heavy atom. The Labute approximate surface area is 134 Å². The Morgan fingerprint density at radius 2 is 1.95 bits per heavy atom. The summed E-state index contributed by atoms with van der Waals surface area (Å²) >= 11 is 0. The summed E-state index contributed by atoms with van der Waals surface area (Å²) in [6.45, 7) is 9.24. The minimum atomic E-state index is 0.231. The minimum absolute atomic E-state index is 0.231. The standard InChI is InChI=1S/C18H30N2O2/c1-18(2)9-14(18)17(21)20-11-15-16(12-20)22-8-7-19(15)10-13-5-3-4-6-13/h13-16H,3-12H2,1-2H3/t14?,15-,16-/m0/s1. The van der Waals surface area contributed by atoms with Crippen LogP contribution in [0.2, 0.25) is 0 Å². The number of carbonyl (C=O) groups excluding carboxylic acids is 1. The lowest BCUT2D eigenvalue weighted by molar-refractivity contribution is -0.132. The van der Waals surface area contributed by atoms with Gasteiger partial charge in [0.05, 0.1) is 18.8 Å². The van der Waals surface area contributed by atoms with E-state index < -0.39 is 0 Å². The molecule has 4 heteroatoms. The van der Waals surface area contributed by atoms with Crippen LogP contribution in [0.3, 0.4) is 0 Å². The van der Waals surface area contributed by atoms with Gasteiger partial charge in [0, 0.05) is 32.1 Å².